The van der Waals surface area contributed by atoms with E-state index in [1.807, 2.05) is 0 Å². The van der Waals surface area contributed by atoms with Crippen molar-refractivity contribution in [2.45, 2.75) is 63.7 Å². The van der Waals surface area contributed by atoms with Crippen LogP contribution < -0.4 is 8.61 Å². The molecule has 0 saturated carbocycles. The Hall–Kier alpha value is -1.22. The molecule has 0 bridgehead atoms. The molecule has 0 spiro atoms. The highest BCUT2D eigenvalue weighted by molar-refractivity contribution is 7.88. The monoisotopic (exact) mass is 398 g/mol. The average molecular weight is 399 g/mol. The third-order valence-electron chi connectivity index (χ3n) is 4.30. The van der Waals surface area contributed by atoms with E-state index in [1.165, 1.54) is 12.1 Å². The second kappa shape index (κ2) is 7.57. The summed E-state index contributed by atoms with van der Waals surface area (Å²) in [6.45, 7) is 12.4. The van der Waals surface area contributed by atoms with Crippen LogP contribution in [0.2, 0.25) is 16.6 Å². The summed E-state index contributed by atoms with van der Waals surface area (Å²) in [4.78, 5) is 0. The second-order valence-electron chi connectivity index (χ2n) is 6.88. The van der Waals surface area contributed by atoms with Gasteiger partial charge in [-0.25, -0.2) is 0 Å². The quantitative estimate of drug-likeness (QED) is 0.347. The minimum Gasteiger partial charge on any atom is -0.543 e. The van der Waals surface area contributed by atoms with E-state index in [0.29, 0.717) is 5.75 Å². The van der Waals surface area contributed by atoms with Gasteiger partial charge in [0.15, 0.2) is 0 Å². The summed E-state index contributed by atoms with van der Waals surface area (Å²) in [6.07, 6.45) is 0. The molecule has 0 fully saturated rings. The summed E-state index contributed by atoms with van der Waals surface area (Å²) in [5.74, 6) is -0.105. The summed E-state index contributed by atoms with van der Waals surface area (Å²) in [6, 6.07) is 5.36. The number of rotatable bonds is 7. The van der Waals surface area contributed by atoms with Crippen molar-refractivity contribution in [2.75, 3.05) is 0 Å². The summed E-state index contributed by atoms with van der Waals surface area (Å²) in [5.41, 5.74) is -4.70. The Labute approximate surface area is 148 Å². The number of alkyl halides is 3. The lowest BCUT2D eigenvalue weighted by Crippen LogP contribution is -2.50. The standard InChI is InChI=1S/C16H25F3O4SSi/c1-11(2)25(12(3)4,13(5)6)23-15-9-7-8-14(10-15)22-24(20,21)16(17,18)19/h7-13H,1-6H3. The zero-order valence-electron chi connectivity index (χ0n) is 15.2. The van der Waals surface area contributed by atoms with Gasteiger partial charge in [-0.15, -0.1) is 0 Å². The van der Waals surface area contributed by atoms with Crippen molar-refractivity contribution in [2.24, 2.45) is 0 Å². The Bertz CT molecular complexity index is 663. The van der Waals surface area contributed by atoms with Crippen molar-refractivity contribution in [3.8, 4) is 11.5 Å². The molecule has 1 aromatic carbocycles. The largest absolute Gasteiger partial charge is 0.543 e. The Morgan fingerprint density at radius 2 is 1.36 bits per heavy atom. The van der Waals surface area contributed by atoms with Gasteiger partial charge in [-0.3, -0.25) is 0 Å². The lowest BCUT2D eigenvalue weighted by Gasteiger charge is -2.42. The van der Waals surface area contributed by atoms with E-state index >= 15 is 0 Å². The lowest BCUT2D eigenvalue weighted by atomic mass is 10.3. The van der Waals surface area contributed by atoms with Crippen LogP contribution in [0.3, 0.4) is 0 Å². The van der Waals surface area contributed by atoms with E-state index in [1.54, 1.807) is 6.07 Å². The fourth-order valence-electron chi connectivity index (χ4n) is 3.32. The van der Waals surface area contributed by atoms with Crippen molar-refractivity contribution in [3.05, 3.63) is 24.3 Å². The molecule has 0 atom stereocenters. The van der Waals surface area contributed by atoms with E-state index in [0.717, 1.165) is 6.07 Å². The molecule has 0 heterocycles. The third kappa shape index (κ3) is 4.69. The molecule has 144 valence electrons. The molecule has 1 rings (SSSR count). The Morgan fingerprint density at radius 3 is 1.76 bits per heavy atom. The number of hydrogen-bond donors (Lipinski definition) is 0. The van der Waals surface area contributed by atoms with Crippen LogP contribution in [0.1, 0.15) is 41.5 Å². The predicted octanol–water partition coefficient (Wildman–Crippen LogP) is 5.47. The first-order chi connectivity index (χ1) is 11.2. The van der Waals surface area contributed by atoms with Crippen LogP contribution in [0.25, 0.3) is 0 Å². The maximum Gasteiger partial charge on any atom is 0.534 e. The van der Waals surface area contributed by atoms with Crippen molar-refractivity contribution in [3.63, 3.8) is 0 Å². The van der Waals surface area contributed by atoms with Crippen molar-refractivity contribution < 1.29 is 30.2 Å². The summed E-state index contributed by atoms with van der Waals surface area (Å²) >= 11 is 0. The van der Waals surface area contributed by atoms with E-state index in [4.69, 9.17) is 4.43 Å². The van der Waals surface area contributed by atoms with Gasteiger partial charge in [0.25, 0.3) is 8.32 Å². The smallest absolute Gasteiger partial charge is 0.534 e. The van der Waals surface area contributed by atoms with Gasteiger partial charge in [-0.2, -0.15) is 21.6 Å². The Balaban J connectivity index is 3.21. The van der Waals surface area contributed by atoms with Crippen LogP contribution >= 0.6 is 0 Å². The van der Waals surface area contributed by atoms with Crippen molar-refractivity contribution >= 4 is 18.4 Å². The third-order valence-corrected chi connectivity index (χ3v) is 11.3. The molecule has 0 aliphatic rings. The molecule has 0 unspecified atom stereocenters. The molecule has 0 aliphatic carbocycles. The van der Waals surface area contributed by atoms with E-state index in [-0.39, 0.29) is 16.6 Å². The molecule has 9 heteroatoms. The number of hydrogen-bond acceptors (Lipinski definition) is 4. The summed E-state index contributed by atoms with van der Waals surface area (Å²) in [7, 11) is -8.02. The molecule has 0 aliphatic heterocycles. The molecule has 0 N–H and O–H groups in total. The highest BCUT2D eigenvalue weighted by Gasteiger charge is 2.49. The highest BCUT2D eigenvalue weighted by atomic mass is 32.2. The molecule has 0 aromatic heterocycles. The van der Waals surface area contributed by atoms with Gasteiger partial charge >= 0.3 is 15.6 Å². The fourth-order valence-corrected chi connectivity index (χ4v) is 9.01. The minimum atomic E-state index is -5.70. The Morgan fingerprint density at radius 1 is 0.920 bits per heavy atom. The first kappa shape index (κ1) is 21.8. The van der Waals surface area contributed by atoms with Crippen LogP contribution in [0.5, 0.6) is 11.5 Å². The number of benzene rings is 1. The van der Waals surface area contributed by atoms with Gasteiger partial charge in [0, 0.05) is 6.07 Å². The van der Waals surface area contributed by atoms with Crippen LogP contribution in [-0.4, -0.2) is 22.2 Å². The summed E-state index contributed by atoms with van der Waals surface area (Å²) in [5, 5.41) is 0. The van der Waals surface area contributed by atoms with Crippen molar-refractivity contribution in [1.29, 1.82) is 0 Å². The predicted molar refractivity (Wildman–Crippen MR) is 93.7 cm³/mol. The van der Waals surface area contributed by atoms with Crippen LogP contribution in [0, 0.1) is 0 Å². The molecule has 0 saturated heterocycles. The van der Waals surface area contributed by atoms with Crippen LogP contribution in [0.4, 0.5) is 13.2 Å². The van der Waals surface area contributed by atoms with Gasteiger partial charge in [0.2, 0.25) is 0 Å². The Kier molecular flexibility index (Phi) is 6.61. The minimum absolute atomic E-state index is 0.260. The SMILES string of the molecule is CC(C)[Si](Oc1cccc(OS(=O)(=O)C(F)(F)F)c1)(C(C)C)C(C)C. The van der Waals surface area contributed by atoms with Crippen LogP contribution in [-0.2, 0) is 10.1 Å². The van der Waals surface area contributed by atoms with Gasteiger partial charge < -0.3 is 8.61 Å². The van der Waals surface area contributed by atoms with Gasteiger partial charge in [0.1, 0.15) is 11.5 Å². The molecule has 0 radical (unpaired) electrons. The van der Waals surface area contributed by atoms with E-state index in [2.05, 4.69) is 45.7 Å². The van der Waals surface area contributed by atoms with Gasteiger partial charge in [-0.1, -0.05) is 47.6 Å². The molecule has 1 aromatic rings. The fraction of sp³-hybridized carbons (Fsp3) is 0.625. The normalized spacial score (nSPS) is 13.6. The van der Waals surface area contributed by atoms with Gasteiger partial charge in [0.05, 0.1) is 0 Å². The zero-order chi connectivity index (χ0) is 19.6. The first-order valence-electron chi connectivity index (χ1n) is 8.03. The molecular weight excluding hydrogens is 373 g/mol. The van der Waals surface area contributed by atoms with E-state index in [9.17, 15) is 21.6 Å². The van der Waals surface area contributed by atoms with Gasteiger partial charge in [-0.05, 0) is 28.8 Å². The second-order valence-corrected chi connectivity index (χ2v) is 13.8. The van der Waals surface area contributed by atoms with Crippen molar-refractivity contribution in [1.82, 2.24) is 0 Å². The molecule has 4 nitrogen and oxygen atoms in total. The lowest BCUT2D eigenvalue weighted by molar-refractivity contribution is -0.0500. The topological polar surface area (TPSA) is 52.6 Å². The summed E-state index contributed by atoms with van der Waals surface area (Å²) < 4.78 is 70.2. The molecule has 0 amide bonds. The van der Waals surface area contributed by atoms with Crippen LogP contribution in [0.15, 0.2) is 24.3 Å². The number of halogens is 3. The zero-order valence-corrected chi connectivity index (χ0v) is 17.0. The molecular formula is C16H25F3O4SSi. The highest BCUT2D eigenvalue weighted by Crippen LogP contribution is 2.43. The maximum atomic E-state index is 12.5. The molecule has 25 heavy (non-hydrogen) atoms. The average Bonchev–Trinajstić information content (AvgIpc) is 2.42. The van der Waals surface area contributed by atoms with E-state index < -0.39 is 29.7 Å². The maximum absolute atomic E-state index is 12.5. The first-order valence-corrected chi connectivity index (χ1v) is 11.6.